The molecule has 0 amide bonds. The number of benzene rings is 1. The Morgan fingerprint density at radius 3 is 2.16 bits per heavy atom. The number of hydrogen-bond acceptors (Lipinski definition) is 3. The maximum Gasteiger partial charge on any atom is 0.0787 e. The number of nitrogens with zero attached hydrogens (tertiary/aromatic N) is 2. The average molecular weight is 264 g/mol. The van der Waals surface area contributed by atoms with Gasteiger partial charge in [0.15, 0.2) is 0 Å². The fourth-order valence-corrected chi connectivity index (χ4v) is 2.19. The third-order valence-electron chi connectivity index (χ3n) is 3.44. The minimum Gasteiger partial charge on any atom is -0.388 e. The summed E-state index contributed by atoms with van der Waals surface area (Å²) >= 11 is 0. The lowest BCUT2D eigenvalue weighted by molar-refractivity contribution is 0.173. The summed E-state index contributed by atoms with van der Waals surface area (Å²) in [7, 11) is 4.22. The average Bonchev–Trinajstić information content (AvgIpc) is 2.43. The number of rotatable bonds is 8. The molecule has 0 aromatic heterocycles. The first kappa shape index (κ1) is 16.0. The van der Waals surface area contributed by atoms with Crippen molar-refractivity contribution in [2.45, 2.75) is 32.8 Å². The second-order valence-corrected chi connectivity index (χ2v) is 5.25. The van der Waals surface area contributed by atoms with Gasteiger partial charge in [0, 0.05) is 18.8 Å². The van der Waals surface area contributed by atoms with Gasteiger partial charge in [0.1, 0.15) is 0 Å². The fourth-order valence-electron chi connectivity index (χ4n) is 2.19. The topological polar surface area (TPSA) is 26.7 Å². The minimum absolute atomic E-state index is 0.335. The molecule has 1 aromatic carbocycles. The molecule has 0 aliphatic heterocycles. The summed E-state index contributed by atoms with van der Waals surface area (Å²) in [6, 6.07) is 8.32. The van der Waals surface area contributed by atoms with E-state index in [1.807, 2.05) is 19.1 Å². The molecule has 3 nitrogen and oxygen atoms in total. The van der Waals surface area contributed by atoms with Crippen LogP contribution in [0, 0.1) is 0 Å². The molecule has 0 fully saturated rings. The van der Waals surface area contributed by atoms with E-state index >= 15 is 0 Å². The Labute approximate surface area is 117 Å². The van der Waals surface area contributed by atoms with Crippen LogP contribution in [0.2, 0.25) is 0 Å². The molecule has 1 atom stereocenters. The highest BCUT2D eigenvalue weighted by Gasteiger charge is 2.07. The highest BCUT2D eigenvalue weighted by molar-refractivity contribution is 5.47. The maximum absolute atomic E-state index is 9.80. The van der Waals surface area contributed by atoms with Crippen molar-refractivity contribution >= 4 is 5.69 Å². The van der Waals surface area contributed by atoms with Crippen LogP contribution in [0.3, 0.4) is 0 Å². The highest BCUT2D eigenvalue weighted by atomic mass is 16.3. The zero-order valence-corrected chi connectivity index (χ0v) is 12.8. The summed E-state index contributed by atoms with van der Waals surface area (Å²) in [4.78, 5) is 4.60. The summed E-state index contributed by atoms with van der Waals surface area (Å²) in [6.07, 6.45) is 1.60. The lowest BCUT2D eigenvalue weighted by Gasteiger charge is -2.24. The molecule has 0 aliphatic rings. The molecule has 3 heteroatoms. The van der Waals surface area contributed by atoms with Crippen LogP contribution >= 0.6 is 0 Å². The lowest BCUT2D eigenvalue weighted by Crippen LogP contribution is -2.26. The van der Waals surface area contributed by atoms with Crippen LogP contribution in [0.4, 0.5) is 5.69 Å². The summed E-state index contributed by atoms with van der Waals surface area (Å²) < 4.78 is 0. The standard InChI is InChI=1S/C16H28N2O/c1-5-16(19)14-8-10-15(11-9-14)18(6-2)13-7-12-17(3)4/h8-11,16,19H,5-7,12-13H2,1-4H3. The van der Waals surface area contributed by atoms with E-state index in [2.05, 4.69) is 43.0 Å². The van der Waals surface area contributed by atoms with Crippen LogP contribution in [0.1, 0.15) is 38.4 Å². The van der Waals surface area contributed by atoms with Gasteiger partial charge in [-0.25, -0.2) is 0 Å². The van der Waals surface area contributed by atoms with Gasteiger partial charge in [-0.1, -0.05) is 19.1 Å². The van der Waals surface area contributed by atoms with Gasteiger partial charge in [0.25, 0.3) is 0 Å². The normalized spacial score (nSPS) is 12.7. The van der Waals surface area contributed by atoms with Crippen LogP contribution in [-0.4, -0.2) is 43.7 Å². The predicted octanol–water partition coefficient (Wildman–Crippen LogP) is 2.91. The molecule has 0 spiro atoms. The third kappa shape index (κ3) is 5.21. The van der Waals surface area contributed by atoms with Crippen LogP contribution in [0.25, 0.3) is 0 Å². The monoisotopic (exact) mass is 264 g/mol. The summed E-state index contributed by atoms with van der Waals surface area (Å²) in [5.41, 5.74) is 2.25. The van der Waals surface area contributed by atoms with E-state index in [1.165, 1.54) is 12.1 Å². The molecule has 0 bridgehead atoms. The van der Waals surface area contributed by atoms with Crippen molar-refractivity contribution < 1.29 is 5.11 Å². The van der Waals surface area contributed by atoms with E-state index in [4.69, 9.17) is 0 Å². The Kier molecular flexibility index (Phi) is 6.89. The van der Waals surface area contributed by atoms with Crippen molar-refractivity contribution in [1.29, 1.82) is 0 Å². The molecule has 108 valence electrons. The van der Waals surface area contributed by atoms with Crippen molar-refractivity contribution in [2.24, 2.45) is 0 Å². The van der Waals surface area contributed by atoms with Crippen molar-refractivity contribution in [2.75, 3.05) is 38.6 Å². The number of aliphatic hydroxyl groups is 1. The largest absolute Gasteiger partial charge is 0.388 e. The van der Waals surface area contributed by atoms with Gasteiger partial charge < -0.3 is 14.9 Å². The molecule has 0 saturated carbocycles. The SMILES string of the molecule is CCC(O)c1ccc(N(CC)CCCN(C)C)cc1. The van der Waals surface area contributed by atoms with Gasteiger partial charge in [-0.2, -0.15) is 0 Å². The molecular weight excluding hydrogens is 236 g/mol. The number of aliphatic hydroxyl groups excluding tert-OH is 1. The molecule has 0 aliphatic carbocycles. The summed E-state index contributed by atoms with van der Waals surface area (Å²) in [5, 5.41) is 9.80. The molecule has 1 rings (SSSR count). The van der Waals surface area contributed by atoms with Crippen molar-refractivity contribution in [3.05, 3.63) is 29.8 Å². The molecule has 1 N–H and O–H groups in total. The molecule has 0 radical (unpaired) electrons. The first-order chi connectivity index (χ1) is 9.08. The Morgan fingerprint density at radius 2 is 1.68 bits per heavy atom. The minimum atomic E-state index is -0.335. The van der Waals surface area contributed by atoms with Gasteiger partial charge in [0.05, 0.1) is 6.10 Å². The Bertz CT molecular complexity index is 348. The predicted molar refractivity (Wildman–Crippen MR) is 82.8 cm³/mol. The van der Waals surface area contributed by atoms with Crippen LogP contribution in [-0.2, 0) is 0 Å². The Morgan fingerprint density at radius 1 is 1.05 bits per heavy atom. The first-order valence-electron chi connectivity index (χ1n) is 7.26. The van der Waals surface area contributed by atoms with Crippen molar-refractivity contribution in [1.82, 2.24) is 4.90 Å². The second kappa shape index (κ2) is 8.18. The summed E-state index contributed by atoms with van der Waals surface area (Å²) in [6.45, 7) is 7.39. The Balaban J connectivity index is 2.60. The summed E-state index contributed by atoms with van der Waals surface area (Å²) in [5.74, 6) is 0. The second-order valence-electron chi connectivity index (χ2n) is 5.25. The van der Waals surface area contributed by atoms with Crippen LogP contribution in [0.5, 0.6) is 0 Å². The Hall–Kier alpha value is -1.06. The maximum atomic E-state index is 9.80. The van der Waals surface area contributed by atoms with E-state index < -0.39 is 0 Å². The smallest absolute Gasteiger partial charge is 0.0787 e. The number of hydrogen-bond donors (Lipinski definition) is 1. The quantitative estimate of drug-likeness (QED) is 0.782. The van der Waals surface area contributed by atoms with Gasteiger partial charge in [0.2, 0.25) is 0 Å². The fraction of sp³-hybridized carbons (Fsp3) is 0.625. The van der Waals surface area contributed by atoms with E-state index in [1.54, 1.807) is 0 Å². The van der Waals surface area contributed by atoms with E-state index in [0.717, 1.165) is 31.6 Å². The van der Waals surface area contributed by atoms with Gasteiger partial charge in [-0.3, -0.25) is 0 Å². The molecule has 1 aromatic rings. The van der Waals surface area contributed by atoms with Crippen LogP contribution < -0.4 is 4.90 Å². The van der Waals surface area contributed by atoms with Crippen molar-refractivity contribution in [3.63, 3.8) is 0 Å². The molecular formula is C16H28N2O. The highest BCUT2D eigenvalue weighted by Crippen LogP contribution is 2.21. The molecule has 19 heavy (non-hydrogen) atoms. The molecule has 0 heterocycles. The zero-order valence-electron chi connectivity index (χ0n) is 12.8. The lowest BCUT2D eigenvalue weighted by atomic mass is 10.1. The first-order valence-corrected chi connectivity index (χ1v) is 7.26. The van der Waals surface area contributed by atoms with Crippen LogP contribution in [0.15, 0.2) is 24.3 Å². The number of anilines is 1. The van der Waals surface area contributed by atoms with Gasteiger partial charge >= 0.3 is 0 Å². The molecule has 0 saturated heterocycles. The van der Waals surface area contributed by atoms with Crippen molar-refractivity contribution in [3.8, 4) is 0 Å². The van der Waals surface area contributed by atoms with E-state index in [9.17, 15) is 5.11 Å². The van der Waals surface area contributed by atoms with Gasteiger partial charge in [-0.15, -0.1) is 0 Å². The molecule has 1 unspecified atom stereocenters. The van der Waals surface area contributed by atoms with E-state index in [0.29, 0.717) is 0 Å². The third-order valence-corrected chi connectivity index (χ3v) is 3.44. The van der Waals surface area contributed by atoms with Gasteiger partial charge in [-0.05, 0) is 58.1 Å². The van der Waals surface area contributed by atoms with E-state index in [-0.39, 0.29) is 6.10 Å². The zero-order chi connectivity index (χ0) is 14.3.